The van der Waals surface area contributed by atoms with Crippen LogP contribution in [0.3, 0.4) is 0 Å². The second-order valence-corrected chi connectivity index (χ2v) is 7.47. The fourth-order valence-electron chi connectivity index (χ4n) is 2.86. The Balaban J connectivity index is 1.38. The minimum Gasteiger partial charge on any atom is -0.491 e. The van der Waals surface area contributed by atoms with E-state index in [2.05, 4.69) is 15.3 Å². The number of aliphatic hydroxyl groups excluding tert-OH is 1. The second-order valence-electron chi connectivity index (χ2n) is 6.63. The van der Waals surface area contributed by atoms with Gasteiger partial charge in [-0.05, 0) is 24.3 Å². The third kappa shape index (κ3) is 6.52. The van der Waals surface area contributed by atoms with E-state index in [4.69, 9.17) is 27.9 Å². The number of carbonyl (C=O) groups is 1. The van der Waals surface area contributed by atoms with Gasteiger partial charge in [-0.1, -0.05) is 23.2 Å². The molecule has 1 unspecified atom stereocenters. The number of aromatic nitrogens is 1. The number of rotatable bonds is 7. The predicted molar refractivity (Wildman–Crippen MR) is 108 cm³/mol. The van der Waals surface area contributed by atoms with E-state index in [0.717, 1.165) is 0 Å². The first-order chi connectivity index (χ1) is 13.9. The summed E-state index contributed by atoms with van der Waals surface area (Å²) < 4.78 is 18.8. The SMILES string of the molecule is O=C(NN1CCN(CC(O)COc2ccc(Cl)c(F)c2)CC1)c1ccc(Cl)cn1. The van der Waals surface area contributed by atoms with Crippen LogP contribution in [0.1, 0.15) is 10.5 Å². The molecule has 2 heterocycles. The number of nitrogens with one attached hydrogen (secondary N) is 1. The first-order valence-electron chi connectivity index (χ1n) is 9.06. The Hall–Kier alpha value is -1.97. The van der Waals surface area contributed by atoms with Crippen LogP contribution in [0.15, 0.2) is 36.5 Å². The van der Waals surface area contributed by atoms with Crippen molar-refractivity contribution < 1.29 is 19.0 Å². The molecule has 0 saturated carbocycles. The van der Waals surface area contributed by atoms with Gasteiger partial charge in [-0.25, -0.2) is 14.4 Å². The zero-order valence-corrected chi connectivity index (χ0v) is 17.0. The fourth-order valence-corrected chi connectivity index (χ4v) is 3.09. The molecule has 1 fully saturated rings. The number of nitrogens with zero attached hydrogens (tertiary/aromatic N) is 3. The van der Waals surface area contributed by atoms with Gasteiger partial charge in [-0.3, -0.25) is 15.1 Å². The zero-order valence-electron chi connectivity index (χ0n) is 15.5. The number of hydrogen-bond acceptors (Lipinski definition) is 6. The van der Waals surface area contributed by atoms with E-state index in [-0.39, 0.29) is 17.5 Å². The number of aliphatic hydroxyl groups is 1. The number of ether oxygens (including phenoxy) is 1. The highest BCUT2D eigenvalue weighted by atomic mass is 35.5. The molecule has 10 heteroatoms. The molecule has 0 spiro atoms. The Morgan fingerprint density at radius 3 is 2.66 bits per heavy atom. The van der Waals surface area contributed by atoms with E-state index in [0.29, 0.717) is 49.2 Å². The molecule has 0 aliphatic carbocycles. The number of benzene rings is 1. The van der Waals surface area contributed by atoms with Crippen molar-refractivity contribution >= 4 is 29.1 Å². The Kier molecular flexibility index (Phi) is 7.63. The van der Waals surface area contributed by atoms with Gasteiger partial charge < -0.3 is 9.84 Å². The van der Waals surface area contributed by atoms with Crippen LogP contribution in [0.5, 0.6) is 5.75 Å². The summed E-state index contributed by atoms with van der Waals surface area (Å²) in [5.74, 6) is -0.543. The van der Waals surface area contributed by atoms with Gasteiger partial charge >= 0.3 is 0 Å². The first kappa shape index (κ1) is 21.7. The number of pyridine rings is 1. The molecule has 2 N–H and O–H groups in total. The van der Waals surface area contributed by atoms with E-state index >= 15 is 0 Å². The lowest BCUT2D eigenvalue weighted by Gasteiger charge is -2.35. The average Bonchev–Trinajstić information content (AvgIpc) is 2.71. The summed E-state index contributed by atoms with van der Waals surface area (Å²) in [5, 5.41) is 12.5. The van der Waals surface area contributed by atoms with Crippen LogP contribution in [0.25, 0.3) is 0 Å². The van der Waals surface area contributed by atoms with Crippen LogP contribution in [-0.2, 0) is 0 Å². The summed E-state index contributed by atoms with van der Waals surface area (Å²) >= 11 is 11.4. The van der Waals surface area contributed by atoms with Crippen molar-refractivity contribution in [2.24, 2.45) is 0 Å². The molecule has 7 nitrogen and oxygen atoms in total. The van der Waals surface area contributed by atoms with E-state index in [1.54, 1.807) is 18.2 Å². The number of amides is 1. The Labute approximate surface area is 178 Å². The lowest BCUT2D eigenvalue weighted by atomic mass is 10.3. The molecule has 2 aromatic rings. The number of hydrazine groups is 1. The van der Waals surface area contributed by atoms with Crippen molar-refractivity contribution in [1.82, 2.24) is 20.3 Å². The van der Waals surface area contributed by atoms with Gasteiger partial charge in [0, 0.05) is 45.0 Å². The minimum atomic E-state index is -0.729. The quantitative estimate of drug-likeness (QED) is 0.684. The minimum absolute atomic E-state index is 0.0229. The standard InChI is InChI=1S/C19H21Cl2FN4O3/c20-13-1-4-18(23-10-13)19(28)24-26-7-5-25(6-8-26)11-14(27)12-29-15-2-3-16(21)17(22)9-15/h1-4,9-10,14,27H,5-8,11-12H2,(H,24,28). The molecule has 1 atom stereocenters. The molecule has 1 amide bonds. The summed E-state index contributed by atoms with van der Waals surface area (Å²) in [6.45, 7) is 3.00. The van der Waals surface area contributed by atoms with Crippen LogP contribution in [0, 0.1) is 5.82 Å². The normalized spacial score (nSPS) is 16.4. The van der Waals surface area contributed by atoms with Gasteiger partial charge in [0.05, 0.1) is 10.0 Å². The Morgan fingerprint density at radius 1 is 1.24 bits per heavy atom. The summed E-state index contributed by atoms with van der Waals surface area (Å²) in [5.41, 5.74) is 3.11. The van der Waals surface area contributed by atoms with Gasteiger partial charge in [0.25, 0.3) is 5.91 Å². The number of β-amino-alcohol motifs (C(OH)–C–C–N with tert-alkyl or cyclic N) is 1. The van der Waals surface area contributed by atoms with E-state index in [1.165, 1.54) is 18.3 Å². The van der Waals surface area contributed by atoms with Gasteiger partial charge in [0.15, 0.2) is 0 Å². The van der Waals surface area contributed by atoms with Gasteiger partial charge in [0.2, 0.25) is 0 Å². The molecular weight excluding hydrogens is 422 g/mol. The molecular formula is C19H21Cl2FN4O3. The molecule has 1 aromatic heterocycles. The third-order valence-electron chi connectivity index (χ3n) is 4.39. The molecule has 3 rings (SSSR count). The van der Waals surface area contributed by atoms with Crippen molar-refractivity contribution in [3.05, 3.63) is 58.1 Å². The first-order valence-corrected chi connectivity index (χ1v) is 9.82. The monoisotopic (exact) mass is 442 g/mol. The highest BCUT2D eigenvalue weighted by molar-refractivity contribution is 6.30. The van der Waals surface area contributed by atoms with Crippen LogP contribution >= 0.6 is 23.2 Å². The lowest BCUT2D eigenvalue weighted by Crippen LogP contribution is -2.55. The number of piperazine rings is 1. The molecule has 1 aliphatic rings. The average molecular weight is 443 g/mol. The van der Waals surface area contributed by atoms with Gasteiger partial charge in [0.1, 0.15) is 30.0 Å². The Morgan fingerprint density at radius 2 is 2.00 bits per heavy atom. The van der Waals surface area contributed by atoms with E-state index in [1.807, 2.05) is 5.01 Å². The van der Waals surface area contributed by atoms with Crippen molar-refractivity contribution in [2.45, 2.75) is 6.10 Å². The molecule has 0 radical (unpaired) electrons. The van der Waals surface area contributed by atoms with E-state index in [9.17, 15) is 14.3 Å². The maximum atomic E-state index is 13.4. The number of carbonyl (C=O) groups excluding carboxylic acids is 1. The third-order valence-corrected chi connectivity index (χ3v) is 4.92. The molecule has 156 valence electrons. The van der Waals surface area contributed by atoms with Gasteiger partial charge in [-0.2, -0.15) is 0 Å². The highest BCUT2D eigenvalue weighted by Crippen LogP contribution is 2.20. The maximum Gasteiger partial charge on any atom is 0.284 e. The molecule has 29 heavy (non-hydrogen) atoms. The second kappa shape index (κ2) is 10.2. The summed E-state index contributed by atoms with van der Waals surface area (Å²) in [6.07, 6.45) is 0.698. The van der Waals surface area contributed by atoms with E-state index < -0.39 is 11.9 Å². The van der Waals surface area contributed by atoms with Crippen molar-refractivity contribution in [2.75, 3.05) is 39.3 Å². The summed E-state index contributed by atoms with van der Waals surface area (Å²) in [6, 6.07) is 7.33. The Bertz CT molecular complexity index is 833. The van der Waals surface area contributed by atoms with Crippen LogP contribution in [0.2, 0.25) is 10.0 Å². The smallest absolute Gasteiger partial charge is 0.284 e. The lowest BCUT2D eigenvalue weighted by molar-refractivity contribution is 0.0315. The zero-order chi connectivity index (χ0) is 20.8. The van der Waals surface area contributed by atoms with Crippen molar-refractivity contribution in [1.29, 1.82) is 0 Å². The predicted octanol–water partition coefficient (Wildman–Crippen LogP) is 2.23. The topological polar surface area (TPSA) is 77.9 Å². The van der Waals surface area contributed by atoms with Crippen molar-refractivity contribution in [3.63, 3.8) is 0 Å². The summed E-state index contributed by atoms with van der Waals surface area (Å²) in [7, 11) is 0. The van der Waals surface area contributed by atoms with Crippen LogP contribution < -0.4 is 10.2 Å². The molecule has 0 bridgehead atoms. The number of hydrogen-bond donors (Lipinski definition) is 2. The maximum absolute atomic E-state index is 13.4. The van der Waals surface area contributed by atoms with Crippen LogP contribution in [0.4, 0.5) is 4.39 Å². The van der Waals surface area contributed by atoms with Crippen molar-refractivity contribution in [3.8, 4) is 5.75 Å². The number of halogens is 3. The highest BCUT2D eigenvalue weighted by Gasteiger charge is 2.21. The largest absolute Gasteiger partial charge is 0.491 e. The van der Waals surface area contributed by atoms with Crippen LogP contribution in [-0.4, -0.2) is 71.3 Å². The molecule has 1 saturated heterocycles. The summed E-state index contributed by atoms with van der Waals surface area (Å²) in [4.78, 5) is 18.2. The molecule has 1 aromatic carbocycles. The van der Waals surface area contributed by atoms with Gasteiger partial charge in [-0.15, -0.1) is 0 Å². The molecule has 1 aliphatic heterocycles. The fraction of sp³-hybridized carbons (Fsp3) is 0.368.